The van der Waals surface area contributed by atoms with Crippen molar-refractivity contribution in [2.45, 2.75) is 59.9 Å². The summed E-state index contributed by atoms with van der Waals surface area (Å²) in [7, 11) is 0. The highest BCUT2D eigenvalue weighted by Crippen LogP contribution is 2.22. The Morgan fingerprint density at radius 3 is 2.27 bits per heavy atom. The molecular formula is C13H29NO. The van der Waals surface area contributed by atoms with Crippen LogP contribution in [0.5, 0.6) is 0 Å². The van der Waals surface area contributed by atoms with E-state index in [0.29, 0.717) is 11.5 Å². The van der Waals surface area contributed by atoms with E-state index in [9.17, 15) is 0 Å². The highest BCUT2D eigenvalue weighted by atomic mass is 16.5. The summed E-state index contributed by atoms with van der Waals surface area (Å²) < 4.78 is 5.50. The number of hydrogen-bond acceptors (Lipinski definition) is 2. The van der Waals surface area contributed by atoms with Crippen molar-refractivity contribution in [3.63, 3.8) is 0 Å². The first-order valence-corrected chi connectivity index (χ1v) is 6.33. The van der Waals surface area contributed by atoms with Crippen LogP contribution < -0.4 is 5.32 Å². The predicted octanol–water partition coefficient (Wildman–Crippen LogP) is 3.22. The zero-order valence-corrected chi connectivity index (χ0v) is 11.2. The van der Waals surface area contributed by atoms with E-state index >= 15 is 0 Å². The normalized spacial score (nSPS) is 14.2. The van der Waals surface area contributed by atoms with Gasteiger partial charge in [0.25, 0.3) is 0 Å². The van der Waals surface area contributed by atoms with Crippen molar-refractivity contribution in [1.29, 1.82) is 0 Å². The largest absolute Gasteiger partial charge is 0.381 e. The van der Waals surface area contributed by atoms with E-state index in [4.69, 9.17) is 4.74 Å². The molecule has 0 amide bonds. The number of ether oxygens (including phenoxy) is 1. The number of nitrogens with one attached hydrogen (secondary N) is 1. The summed E-state index contributed by atoms with van der Waals surface area (Å²) in [6, 6.07) is 0.604. The van der Waals surface area contributed by atoms with Crippen molar-refractivity contribution in [3.05, 3.63) is 0 Å². The van der Waals surface area contributed by atoms with E-state index < -0.39 is 0 Å². The molecule has 0 aliphatic rings. The lowest BCUT2D eigenvalue weighted by atomic mass is 9.84. The minimum atomic E-state index is 0.348. The lowest BCUT2D eigenvalue weighted by Gasteiger charge is -2.31. The molecule has 2 heteroatoms. The summed E-state index contributed by atoms with van der Waals surface area (Å²) in [5.74, 6) is 0. The zero-order valence-electron chi connectivity index (χ0n) is 11.2. The van der Waals surface area contributed by atoms with Crippen molar-refractivity contribution in [2.24, 2.45) is 5.41 Å². The Labute approximate surface area is 95.8 Å². The first-order valence-electron chi connectivity index (χ1n) is 6.33. The molecule has 0 saturated heterocycles. The number of hydrogen-bond donors (Lipinski definition) is 1. The van der Waals surface area contributed by atoms with E-state index in [1.807, 2.05) is 0 Å². The van der Waals surface area contributed by atoms with Crippen LogP contribution in [0.15, 0.2) is 0 Å². The molecule has 0 aliphatic heterocycles. The third-order valence-corrected chi connectivity index (χ3v) is 2.63. The SMILES string of the molecule is CCCOCCCC(NCC)C(C)(C)C. The standard InChI is InChI=1S/C13H29NO/c1-6-10-15-11-8-9-12(14-7-2)13(3,4)5/h12,14H,6-11H2,1-5H3. The monoisotopic (exact) mass is 215 g/mol. The van der Waals surface area contributed by atoms with Gasteiger partial charge in [-0.1, -0.05) is 34.6 Å². The Kier molecular flexibility index (Phi) is 8.07. The third-order valence-electron chi connectivity index (χ3n) is 2.63. The highest BCUT2D eigenvalue weighted by molar-refractivity contribution is 4.79. The summed E-state index contributed by atoms with van der Waals surface area (Å²) in [5, 5.41) is 3.56. The molecule has 0 fully saturated rings. The Morgan fingerprint density at radius 1 is 1.13 bits per heavy atom. The summed E-state index contributed by atoms with van der Waals surface area (Å²) in [4.78, 5) is 0. The van der Waals surface area contributed by atoms with Gasteiger partial charge < -0.3 is 10.1 Å². The van der Waals surface area contributed by atoms with Crippen molar-refractivity contribution in [2.75, 3.05) is 19.8 Å². The topological polar surface area (TPSA) is 21.3 Å². The van der Waals surface area contributed by atoms with Crippen molar-refractivity contribution < 1.29 is 4.74 Å². The molecule has 0 aromatic rings. The molecule has 0 rings (SSSR count). The van der Waals surface area contributed by atoms with Crippen LogP contribution in [0, 0.1) is 5.41 Å². The van der Waals surface area contributed by atoms with Crippen LogP contribution in [-0.4, -0.2) is 25.8 Å². The second-order valence-corrected chi connectivity index (χ2v) is 5.23. The van der Waals surface area contributed by atoms with Crippen LogP contribution in [0.1, 0.15) is 53.9 Å². The quantitative estimate of drug-likeness (QED) is 0.628. The molecule has 0 aliphatic carbocycles. The van der Waals surface area contributed by atoms with Crippen molar-refractivity contribution in [3.8, 4) is 0 Å². The molecular weight excluding hydrogens is 186 g/mol. The lowest BCUT2D eigenvalue weighted by Crippen LogP contribution is -2.40. The van der Waals surface area contributed by atoms with Crippen LogP contribution in [0.2, 0.25) is 0 Å². The molecule has 2 nitrogen and oxygen atoms in total. The van der Waals surface area contributed by atoms with Crippen LogP contribution in [-0.2, 0) is 4.74 Å². The van der Waals surface area contributed by atoms with Gasteiger partial charge in [-0.05, 0) is 31.2 Å². The molecule has 0 heterocycles. The van der Waals surface area contributed by atoms with Gasteiger partial charge in [0.1, 0.15) is 0 Å². The van der Waals surface area contributed by atoms with Crippen molar-refractivity contribution in [1.82, 2.24) is 5.32 Å². The van der Waals surface area contributed by atoms with Crippen LogP contribution in [0.25, 0.3) is 0 Å². The van der Waals surface area contributed by atoms with E-state index in [2.05, 4.69) is 39.9 Å². The van der Waals surface area contributed by atoms with Gasteiger partial charge in [0.2, 0.25) is 0 Å². The Morgan fingerprint density at radius 2 is 1.80 bits per heavy atom. The molecule has 0 saturated carbocycles. The van der Waals surface area contributed by atoms with E-state index in [-0.39, 0.29) is 0 Å². The average Bonchev–Trinajstić information content (AvgIpc) is 2.14. The first-order chi connectivity index (χ1) is 7.02. The van der Waals surface area contributed by atoms with Crippen molar-refractivity contribution >= 4 is 0 Å². The first kappa shape index (κ1) is 14.9. The van der Waals surface area contributed by atoms with Gasteiger partial charge in [-0.15, -0.1) is 0 Å². The molecule has 92 valence electrons. The van der Waals surface area contributed by atoms with E-state index in [0.717, 1.165) is 32.6 Å². The average molecular weight is 215 g/mol. The maximum Gasteiger partial charge on any atom is 0.0466 e. The minimum absolute atomic E-state index is 0.348. The maximum atomic E-state index is 5.50. The minimum Gasteiger partial charge on any atom is -0.381 e. The second-order valence-electron chi connectivity index (χ2n) is 5.23. The molecule has 1 N–H and O–H groups in total. The molecule has 0 radical (unpaired) electrons. The predicted molar refractivity (Wildman–Crippen MR) is 67.3 cm³/mol. The van der Waals surface area contributed by atoms with Gasteiger partial charge in [0.15, 0.2) is 0 Å². The molecule has 0 spiro atoms. The fourth-order valence-corrected chi connectivity index (χ4v) is 1.72. The van der Waals surface area contributed by atoms with Gasteiger partial charge in [0, 0.05) is 19.3 Å². The van der Waals surface area contributed by atoms with Crippen LogP contribution in [0.4, 0.5) is 0 Å². The summed E-state index contributed by atoms with van der Waals surface area (Å²) in [6.45, 7) is 14.1. The Bertz CT molecular complexity index is 140. The summed E-state index contributed by atoms with van der Waals surface area (Å²) >= 11 is 0. The fourth-order valence-electron chi connectivity index (χ4n) is 1.72. The molecule has 1 unspecified atom stereocenters. The third kappa shape index (κ3) is 7.80. The van der Waals surface area contributed by atoms with Gasteiger partial charge in [-0.3, -0.25) is 0 Å². The molecule has 15 heavy (non-hydrogen) atoms. The molecule has 0 bridgehead atoms. The zero-order chi connectivity index (χ0) is 11.7. The van der Waals surface area contributed by atoms with Crippen LogP contribution >= 0.6 is 0 Å². The van der Waals surface area contributed by atoms with E-state index in [1.165, 1.54) is 6.42 Å². The van der Waals surface area contributed by atoms with Gasteiger partial charge >= 0.3 is 0 Å². The summed E-state index contributed by atoms with van der Waals surface area (Å²) in [5.41, 5.74) is 0.348. The Hall–Kier alpha value is -0.0800. The smallest absolute Gasteiger partial charge is 0.0466 e. The van der Waals surface area contributed by atoms with Gasteiger partial charge in [0.05, 0.1) is 0 Å². The highest BCUT2D eigenvalue weighted by Gasteiger charge is 2.22. The number of rotatable bonds is 8. The second kappa shape index (κ2) is 8.12. The molecule has 0 aromatic carbocycles. The van der Waals surface area contributed by atoms with Gasteiger partial charge in [-0.2, -0.15) is 0 Å². The molecule has 0 aromatic heterocycles. The van der Waals surface area contributed by atoms with Crippen LogP contribution in [0.3, 0.4) is 0 Å². The molecule has 1 atom stereocenters. The Balaban J connectivity index is 3.67. The summed E-state index contributed by atoms with van der Waals surface area (Å²) in [6.07, 6.45) is 3.49. The van der Waals surface area contributed by atoms with E-state index in [1.54, 1.807) is 0 Å². The lowest BCUT2D eigenvalue weighted by molar-refractivity contribution is 0.123. The fraction of sp³-hybridized carbons (Fsp3) is 1.00. The maximum absolute atomic E-state index is 5.50. The van der Waals surface area contributed by atoms with Gasteiger partial charge in [-0.25, -0.2) is 0 Å².